The molecule has 4 heterocycles. The lowest BCUT2D eigenvalue weighted by Crippen LogP contribution is -2.38. The molecule has 228 valence electrons. The number of rotatable bonds is 4. The van der Waals surface area contributed by atoms with Gasteiger partial charge in [0, 0.05) is 45.8 Å². The van der Waals surface area contributed by atoms with Crippen molar-refractivity contribution in [1.82, 2.24) is 9.80 Å². The zero-order valence-corrected chi connectivity index (χ0v) is 28.6. The maximum absolute atomic E-state index is 12.4. The predicted octanol–water partition coefficient (Wildman–Crippen LogP) is 9.52. The van der Waals surface area contributed by atoms with Crippen LogP contribution in [-0.2, 0) is 22.7 Å². The van der Waals surface area contributed by atoms with Gasteiger partial charge in [-0.25, -0.2) is 0 Å². The van der Waals surface area contributed by atoms with E-state index in [0.29, 0.717) is 37.3 Å². The van der Waals surface area contributed by atoms with E-state index >= 15 is 0 Å². The highest BCUT2D eigenvalue weighted by molar-refractivity contribution is 7.16. The summed E-state index contributed by atoms with van der Waals surface area (Å²) in [4.78, 5) is 30.9. The molecule has 2 amide bonds. The number of fused-ring (bicyclic) bond motifs is 2. The van der Waals surface area contributed by atoms with Gasteiger partial charge in [0.05, 0.1) is 21.8 Å². The van der Waals surface area contributed by atoms with Crippen LogP contribution >= 0.6 is 45.9 Å². The summed E-state index contributed by atoms with van der Waals surface area (Å²) in [6.45, 7) is 18.0. The van der Waals surface area contributed by atoms with Crippen molar-refractivity contribution in [3.63, 3.8) is 0 Å². The van der Waals surface area contributed by atoms with Gasteiger partial charge >= 0.3 is 0 Å². The second-order valence-electron chi connectivity index (χ2n) is 11.6. The van der Waals surface area contributed by atoms with Crippen molar-refractivity contribution in [3.05, 3.63) is 137 Å². The summed E-state index contributed by atoms with van der Waals surface area (Å²) in [5, 5.41) is 0. The standard InChI is InChI=1S/2C18H18ClNOS/c2*1-11(2)18(21)20-9-15(13-7-5-4-6-12(13)3)14-8-17(19)22-16(14)10-20/h2*4-8,15H,1,9-10H2,2-3H3/t2*15-/m10/s1. The third kappa shape index (κ3) is 6.74. The van der Waals surface area contributed by atoms with Crippen molar-refractivity contribution >= 4 is 57.7 Å². The molecule has 2 aliphatic rings. The van der Waals surface area contributed by atoms with Gasteiger partial charge in [0.25, 0.3) is 0 Å². The first-order valence-electron chi connectivity index (χ1n) is 14.5. The Morgan fingerprint density at radius 2 is 1.05 bits per heavy atom. The van der Waals surface area contributed by atoms with Gasteiger partial charge in [0.2, 0.25) is 11.8 Å². The Labute approximate surface area is 278 Å². The normalized spacial score (nSPS) is 17.2. The van der Waals surface area contributed by atoms with Crippen molar-refractivity contribution in [3.8, 4) is 0 Å². The smallest absolute Gasteiger partial charge is 0.249 e. The van der Waals surface area contributed by atoms with Crippen LogP contribution in [0, 0.1) is 13.8 Å². The number of carbonyl (C=O) groups is 2. The van der Waals surface area contributed by atoms with Crippen molar-refractivity contribution in [2.75, 3.05) is 13.1 Å². The summed E-state index contributed by atoms with van der Waals surface area (Å²) in [5.41, 5.74) is 8.68. The minimum atomic E-state index is 0.0220. The molecule has 4 nitrogen and oxygen atoms in total. The minimum Gasteiger partial charge on any atom is -0.333 e. The summed E-state index contributed by atoms with van der Waals surface area (Å²) >= 11 is 15.6. The first kappa shape index (κ1) is 32.2. The highest BCUT2D eigenvalue weighted by atomic mass is 35.5. The molecule has 2 atom stereocenters. The topological polar surface area (TPSA) is 40.6 Å². The molecule has 0 aliphatic carbocycles. The molecule has 0 N–H and O–H groups in total. The van der Waals surface area contributed by atoms with Crippen LogP contribution in [0.4, 0.5) is 0 Å². The average molecular weight is 664 g/mol. The molecular formula is C36H36Cl2N2O2S2. The van der Waals surface area contributed by atoms with Crippen molar-refractivity contribution in [2.45, 2.75) is 52.6 Å². The summed E-state index contributed by atoms with van der Waals surface area (Å²) in [5.74, 6) is 0.400. The zero-order chi connectivity index (χ0) is 31.7. The summed E-state index contributed by atoms with van der Waals surface area (Å²) in [6.07, 6.45) is 0. The number of hydrogen-bond donors (Lipinski definition) is 0. The van der Waals surface area contributed by atoms with Crippen LogP contribution < -0.4 is 0 Å². The molecule has 0 unspecified atom stereocenters. The highest BCUT2D eigenvalue weighted by Crippen LogP contribution is 2.42. The summed E-state index contributed by atoms with van der Waals surface area (Å²) in [6, 6.07) is 20.8. The van der Waals surface area contributed by atoms with Crippen LogP contribution in [0.2, 0.25) is 8.67 Å². The second kappa shape index (κ2) is 13.5. The van der Waals surface area contributed by atoms with Crippen LogP contribution in [-0.4, -0.2) is 34.7 Å². The molecule has 8 heteroatoms. The second-order valence-corrected chi connectivity index (χ2v) is 15.1. The number of hydrogen-bond acceptors (Lipinski definition) is 4. The first-order chi connectivity index (χ1) is 20.9. The first-order valence-corrected chi connectivity index (χ1v) is 16.9. The molecule has 2 aromatic heterocycles. The third-order valence-corrected chi connectivity index (χ3v) is 10.8. The van der Waals surface area contributed by atoms with E-state index in [0.717, 1.165) is 8.67 Å². The molecular weight excluding hydrogens is 627 g/mol. The van der Waals surface area contributed by atoms with E-state index in [9.17, 15) is 9.59 Å². The number of carbonyl (C=O) groups excluding carboxylic acids is 2. The summed E-state index contributed by atoms with van der Waals surface area (Å²) < 4.78 is 1.57. The number of aryl methyl sites for hydroxylation is 2. The predicted molar refractivity (Wildman–Crippen MR) is 185 cm³/mol. The van der Waals surface area contributed by atoms with Gasteiger partial charge < -0.3 is 9.80 Å². The fraction of sp³-hybridized carbons (Fsp3) is 0.278. The molecule has 44 heavy (non-hydrogen) atoms. The lowest BCUT2D eigenvalue weighted by molar-refractivity contribution is -0.128. The van der Waals surface area contributed by atoms with E-state index in [1.165, 1.54) is 43.1 Å². The van der Waals surface area contributed by atoms with E-state index < -0.39 is 0 Å². The molecule has 0 radical (unpaired) electrons. The number of thiophene rings is 2. The minimum absolute atomic E-state index is 0.0220. The van der Waals surface area contributed by atoms with Crippen molar-refractivity contribution in [1.29, 1.82) is 0 Å². The molecule has 0 spiro atoms. The van der Waals surface area contributed by atoms with E-state index in [2.05, 4.69) is 75.5 Å². The Morgan fingerprint density at radius 3 is 1.39 bits per heavy atom. The van der Waals surface area contributed by atoms with Crippen LogP contribution in [0.1, 0.15) is 68.8 Å². The Hall–Kier alpha value is -3.16. The molecule has 0 saturated heterocycles. The molecule has 4 aromatic rings. The van der Waals surface area contributed by atoms with Gasteiger partial charge in [-0.15, -0.1) is 22.7 Å². The van der Waals surface area contributed by atoms with Crippen molar-refractivity contribution < 1.29 is 9.59 Å². The number of benzene rings is 2. The van der Waals surface area contributed by atoms with E-state index in [-0.39, 0.29) is 23.7 Å². The molecule has 6 rings (SSSR count). The fourth-order valence-electron chi connectivity index (χ4n) is 6.10. The zero-order valence-electron chi connectivity index (χ0n) is 25.5. The summed E-state index contributed by atoms with van der Waals surface area (Å²) in [7, 11) is 0. The van der Waals surface area contributed by atoms with Gasteiger partial charge in [-0.2, -0.15) is 0 Å². The SMILES string of the molecule is C=C(C)C(=O)N1Cc2sc(Cl)cc2[C@@H](c2ccccc2C)C1.C=C(C)C(=O)N1Cc2sc(Cl)cc2[C@H](c2ccccc2C)C1. The number of amides is 2. The van der Waals surface area contributed by atoms with Gasteiger partial charge in [-0.05, 0) is 73.2 Å². The molecule has 2 aromatic carbocycles. The van der Waals surface area contributed by atoms with Crippen LogP contribution in [0.15, 0.2) is 85.0 Å². The third-order valence-electron chi connectivity index (χ3n) is 8.28. The lowest BCUT2D eigenvalue weighted by Gasteiger charge is -2.34. The number of nitrogens with zero attached hydrogens (tertiary/aromatic N) is 2. The van der Waals surface area contributed by atoms with E-state index in [4.69, 9.17) is 23.2 Å². The Morgan fingerprint density at radius 1 is 0.682 bits per heavy atom. The number of halogens is 2. The Kier molecular flexibility index (Phi) is 9.86. The van der Waals surface area contributed by atoms with E-state index in [1.54, 1.807) is 36.5 Å². The Balaban J connectivity index is 0.000000175. The molecule has 2 aliphatic heterocycles. The van der Waals surface area contributed by atoms with Gasteiger partial charge in [0.15, 0.2) is 0 Å². The van der Waals surface area contributed by atoms with E-state index in [1.807, 2.05) is 21.9 Å². The lowest BCUT2D eigenvalue weighted by atomic mass is 9.86. The quantitative estimate of drug-likeness (QED) is 0.204. The Bertz CT molecular complexity index is 1630. The molecule has 0 bridgehead atoms. The van der Waals surface area contributed by atoms with Crippen LogP contribution in [0.25, 0.3) is 0 Å². The molecule has 0 saturated carbocycles. The van der Waals surface area contributed by atoms with Crippen molar-refractivity contribution in [2.24, 2.45) is 0 Å². The maximum atomic E-state index is 12.4. The fourth-order valence-corrected chi connectivity index (χ4v) is 8.82. The van der Waals surface area contributed by atoms with Gasteiger partial charge in [-0.1, -0.05) is 84.9 Å². The molecule has 0 fully saturated rings. The monoisotopic (exact) mass is 662 g/mol. The highest BCUT2D eigenvalue weighted by Gasteiger charge is 2.33. The van der Waals surface area contributed by atoms with Gasteiger partial charge in [0.1, 0.15) is 0 Å². The largest absolute Gasteiger partial charge is 0.333 e. The van der Waals surface area contributed by atoms with Gasteiger partial charge in [-0.3, -0.25) is 9.59 Å². The average Bonchev–Trinajstić information content (AvgIpc) is 3.56. The van der Waals surface area contributed by atoms with Crippen LogP contribution in [0.3, 0.4) is 0 Å². The maximum Gasteiger partial charge on any atom is 0.249 e. The van der Waals surface area contributed by atoms with Crippen LogP contribution in [0.5, 0.6) is 0 Å².